The van der Waals surface area contributed by atoms with Crippen LogP contribution in [-0.2, 0) is 10.2 Å². The van der Waals surface area contributed by atoms with Gasteiger partial charge in [0.1, 0.15) is 5.84 Å². The van der Waals surface area contributed by atoms with Crippen LogP contribution in [0.4, 0.5) is 0 Å². The van der Waals surface area contributed by atoms with Gasteiger partial charge in [-0.05, 0) is 18.4 Å². The topological polar surface area (TPSA) is 36.3 Å². The molecule has 0 amide bonds. The second kappa shape index (κ2) is 5.33. The van der Waals surface area contributed by atoms with E-state index in [0.29, 0.717) is 0 Å². The minimum atomic E-state index is -0.0431. The quantitative estimate of drug-likeness (QED) is 0.654. The third kappa shape index (κ3) is 2.27. The fraction of sp³-hybridized carbons (Fsp3) is 0.562. The van der Waals surface area contributed by atoms with Gasteiger partial charge in [-0.25, -0.2) is 0 Å². The van der Waals surface area contributed by atoms with E-state index in [0.717, 1.165) is 45.0 Å². The second-order valence-electron chi connectivity index (χ2n) is 5.60. The molecule has 1 N–H and O–H groups in total. The van der Waals surface area contributed by atoms with E-state index in [-0.39, 0.29) is 5.41 Å². The molecule has 1 aliphatic heterocycles. The molecule has 1 heterocycles. The summed E-state index contributed by atoms with van der Waals surface area (Å²) in [7, 11) is 0. The Labute approximate surface area is 115 Å². The van der Waals surface area contributed by atoms with Gasteiger partial charge in [0.25, 0.3) is 0 Å². The number of nitrogens with zero attached hydrogens (tertiary/aromatic N) is 1. The number of nitrogens with one attached hydrogen (secondary N) is 1. The van der Waals surface area contributed by atoms with Crippen molar-refractivity contribution in [1.29, 1.82) is 5.41 Å². The third-order valence-corrected chi connectivity index (χ3v) is 4.56. The van der Waals surface area contributed by atoms with E-state index in [2.05, 4.69) is 35.2 Å². The molecule has 19 heavy (non-hydrogen) atoms. The standard InChI is InChI=1S/C16H22N2O/c17-15(18-10-12-19-13-11-18)16(8-4-5-9-16)14-6-2-1-3-7-14/h1-3,6-7,17H,4-5,8-13H2. The summed E-state index contributed by atoms with van der Waals surface area (Å²) in [5.74, 6) is 0.819. The van der Waals surface area contributed by atoms with Gasteiger partial charge in [0.15, 0.2) is 0 Å². The first-order chi connectivity index (χ1) is 9.33. The fourth-order valence-corrected chi connectivity index (χ4v) is 3.49. The molecule has 3 nitrogen and oxygen atoms in total. The molecular weight excluding hydrogens is 236 g/mol. The lowest BCUT2D eigenvalue weighted by atomic mass is 9.77. The summed E-state index contributed by atoms with van der Waals surface area (Å²) in [4.78, 5) is 2.22. The fourth-order valence-electron chi connectivity index (χ4n) is 3.49. The zero-order chi connectivity index (χ0) is 13.1. The molecule has 0 aromatic heterocycles. The van der Waals surface area contributed by atoms with E-state index >= 15 is 0 Å². The highest BCUT2D eigenvalue weighted by atomic mass is 16.5. The molecule has 1 aromatic rings. The highest BCUT2D eigenvalue weighted by molar-refractivity contribution is 5.91. The minimum absolute atomic E-state index is 0.0431. The van der Waals surface area contributed by atoms with Crippen LogP contribution in [0.5, 0.6) is 0 Å². The van der Waals surface area contributed by atoms with Crippen LogP contribution in [0.15, 0.2) is 30.3 Å². The van der Waals surface area contributed by atoms with Gasteiger partial charge >= 0.3 is 0 Å². The SMILES string of the molecule is N=C(N1CCOCC1)C1(c2ccccc2)CCCC1. The summed E-state index contributed by atoms with van der Waals surface area (Å²) < 4.78 is 5.41. The Kier molecular flexibility index (Phi) is 3.56. The van der Waals surface area contributed by atoms with Crippen LogP contribution < -0.4 is 0 Å². The predicted molar refractivity (Wildman–Crippen MR) is 76.7 cm³/mol. The average molecular weight is 258 g/mol. The molecule has 0 bridgehead atoms. The van der Waals surface area contributed by atoms with Gasteiger partial charge in [-0.15, -0.1) is 0 Å². The Balaban J connectivity index is 1.90. The smallest absolute Gasteiger partial charge is 0.107 e. The molecule has 0 unspecified atom stereocenters. The van der Waals surface area contributed by atoms with Crippen LogP contribution in [-0.4, -0.2) is 37.0 Å². The molecule has 3 rings (SSSR count). The Bertz CT molecular complexity index is 431. The van der Waals surface area contributed by atoms with Crippen molar-refractivity contribution < 1.29 is 4.74 Å². The van der Waals surface area contributed by atoms with Crippen molar-refractivity contribution in [3.8, 4) is 0 Å². The van der Waals surface area contributed by atoms with Gasteiger partial charge in [0.2, 0.25) is 0 Å². The lowest BCUT2D eigenvalue weighted by Crippen LogP contribution is -2.49. The largest absolute Gasteiger partial charge is 0.378 e. The number of rotatable bonds is 2. The summed E-state index contributed by atoms with van der Waals surface area (Å²) in [5.41, 5.74) is 1.28. The molecule has 102 valence electrons. The summed E-state index contributed by atoms with van der Waals surface area (Å²) in [6, 6.07) is 10.6. The number of benzene rings is 1. The maximum Gasteiger partial charge on any atom is 0.107 e. The number of amidine groups is 1. The molecule has 3 heteroatoms. The molecule has 1 aliphatic carbocycles. The molecule has 2 fully saturated rings. The molecule has 0 radical (unpaired) electrons. The Morgan fingerprint density at radius 2 is 1.68 bits per heavy atom. The van der Waals surface area contributed by atoms with E-state index in [1.807, 2.05) is 0 Å². The molecule has 0 atom stereocenters. The summed E-state index contributed by atoms with van der Waals surface area (Å²) in [5, 5.41) is 8.74. The van der Waals surface area contributed by atoms with Gasteiger partial charge in [-0.3, -0.25) is 5.41 Å². The predicted octanol–water partition coefficient (Wildman–Crippen LogP) is 2.81. The molecule has 1 aromatic carbocycles. The summed E-state index contributed by atoms with van der Waals surface area (Å²) >= 11 is 0. The van der Waals surface area contributed by atoms with Crippen LogP contribution >= 0.6 is 0 Å². The average Bonchev–Trinajstić information content (AvgIpc) is 2.99. The summed E-state index contributed by atoms with van der Waals surface area (Å²) in [6.45, 7) is 3.25. The maximum absolute atomic E-state index is 8.74. The van der Waals surface area contributed by atoms with E-state index < -0.39 is 0 Å². The van der Waals surface area contributed by atoms with E-state index in [1.165, 1.54) is 18.4 Å². The van der Waals surface area contributed by atoms with Crippen molar-refractivity contribution in [3.63, 3.8) is 0 Å². The first-order valence-corrected chi connectivity index (χ1v) is 7.30. The van der Waals surface area contributed by atoms with Crippen molar-refractivity contribution in [2.24, 2.45) is 0 Å². The second-order valence-corrected chi connectivity index (χ2v) is 5.60. The van der Waals surface area contributed by atoms with Crippen LogP contribution in [0.25, 0.3) is 0 Å². The zero-order valence-electron chi connectivity index (χ0n) is 11.4. The Hall–Kier alpha value is -1.35. The Morgan fingerprint density at radius 1 is 1.05 bits per heavy atom. The Morgan fingerprint density at radius 3 is 2.32 bits per heavy atom. The first-order valence-electron chi connectivity index (χ1n) is 7.30. The molecular formula is C16H22N2O. The monoisotopic (exact) mass is 258 g/mol. The van der Waals surface area contributed by atoms with Gasteiger partial charge in [-0.2, -0.15) is 0 Å². The van der Waals surface area contributed by atoms with Crippen molar-refractivity contribution in [2.45, 2.75) is 31.1 Å². The third-order valence-electron chi connectivity index (χ3n) is 4.56. The number of hydrogen-bond acceptors (Lipinski definition) is 2. The maximum atomic E-state index is 8.74. The molecule has 1 saturated heterocycles. The van der Waals surface area contributed by atoms with Crippen molar-refractivity contribution >= 4 is 5.84 Å². The van der Waals surface area contributed by atoms with Gasteiger partial charge in [0.05, 0.1) is 18.6 Å². The van der Waals surface area contributed by atoms with Crippen molar-refractivity contribution in [3.05, 3.63) is 35.9 Å². The van der Waals surface area contributed by atoms with Crippen LogP contribution in [0.1, 0.15) is 31.2 Å². The zero-order valence-corrected chi connectivity index (χ0v) is 11.4. The van der Waals surface area contributed by atoms with E-state index in [1.54, 1.807) is 0 Å². The number of morpholine rings is 1. The van der Waals surface area contributed by atoms with E-state index in [9.17, 15) is 0 Å². The summed E-state index contributed by atoms with van der Waals surface area (Å²) in [6.07, 6.45) is 4.71. The first kappa shape index (κ1) is 12.7. The van der Waals surface area contributed by atoms with Gasteiger partial charge in [0, 0.05) is 13.1 Å². The minimum Gasteiger partial charge on any atom is -0.378 e. The van der Waals surface area contributed by atoms with Crippen molar-refractivity contribution in [2.75, 3.05) is 26.3 Å². The molecule has 2 aliphatic rings. The van der Waals surface area contributed by atoms with Gasteiger partial charge in [-0.1, -0.05) is 43.2 Å². The lowest BCUT2D eigenvalue weighted by molar-refractivity contribution is 0.0647. The normalized spacial score (nSPS) is 22.4. The van der Waals surface area contributed by atoms with Gasteiger partial charge < -0.3 is 9.64 Å². The highest BCUT2D eigenvalue weighted by Crippen LogP contribution is 2.42. The number of ether oxygens (including phenoxy) is 1. The molecule has 0 spiro atoms. The van der Waals surface area contributed by atoms with Crippen molar-refractivity contribution in [1.82, 2.24) is 4.90 Å². The molecule has 1 saturated carbocycles. The van der Waals surface area contributed by atoms with E-state index in [4.69, 9.17) is 10.1 Å². The van der Waals surface area contributed by atoms with Crippen LogP contribution in [0.3, 0.4) is 0 Å². The highest BCUT2D eigenvalue weighted by Gasteiger charge is 2.42. The van der Waals surface area contributed by atoms with Crippen LogP contribution in [0.2, 0.25) is 0 Å². The lowest BCUT2D eigenvalue weighted by Gasteiger charge is -2.39. The van der Waals surface area contributed by atoms with Crippen LogP contribution in [0, 0.1) is 5.41 Å². The number of hydrogen-bond donors (Lipinski definition) is 1.